The van der Waals surface area contributed by atoms with Gasteiger partial charge < -0.3 is 5.11 Å². The van der Waals surface area contributed by atoms with Crippen molar-refractivity contribution in [2.45, 2.75) is 62.2 Å². The van der Waals surface area contributed by atoms with Gasteiger partial charge in [0, 0.05) is 27.8 Å². The number of hydrogen-bond donors (Lipinski definition) is 1. The maximum absolute atomic E-state index is 13.4. The zero-order valence-corrected chi connectivity index (χ0v) is 25.8. The van der Waals surface area contributed by atoms with E-state index < -0.39 is 0 Å². The second kappa shape index (κ2) is 13.4. The SMILES string of the molecule is Fc1ccc(C2(CCCBr)CCc3ccc(Cl)cc32)cc1.OCCCC1(c2ccc(F)cc2)CCc2cc(F)ccc21. The van der Waals surface area contributed by atoms with E-state index in [1.807, 2.05) is 36.4 Å². The maximum Gasteiger partial charge on any atom is 0.123 e. The van der Waals surface area contributed by atoms with Crippen LogP contribution >= 0.6 is 27.5 Å². The molecule has 2 atom stereocenters. The number of aliphatic hydroxyl groups excluding tert-OH is 1. The van der Waals surface area contributed by atoms with E-state index in [2.05, 4.69) is 28.1 Å². The molecular formula is C36H35BrClF3O. The van der Waals surface area contributed by atoms with Crippen molar-refractivity contribution in [2.24, 2.45) is 0 Å². The Morgan fingerprint density at radius 1 is 0.643 bits per heavy atom. The summed E-state index contributed by atoms with van der Waals surface area (Å²) in [6.07, 6.45) is 7.42. The van der Waals surface area contributed by atoms with Crippen molar-refractivity contribution in [3.63, 3.8) is 0 Å². The number of benzene rings is 4. The molecule has 0 spiro atoms. The molecule has 0 aromatic heterocycles. The van der Waals surface area contributed by atoms with E-state index in [0.717, 1.165) is 72.0 Å². The summed E-state index contributed by atoms with van der Waals surface area (Å²) in [7, 11) is 0. The fourth-order valence-electron chi connectivity index (χ4n) is 7.11. The third-order valence-corrected chi connectivity index (χ3v) is 9.90. The van der Waals surface area contributed by atoms with Crippen LogP contribution in [0.2, 0.25) is 5.02 Å². The van der Waals surface area contributed by atoms with Crippen LogP contribution < -0.4 is 0 Å². The lowest BCUT2D eigenvalue weighted by Gasteiger charge is -2.31. The van der Waals surface area contributed by atoms with E-state index in [1.54, 1.807) is 18.2 Å². The van der Waals surface area contributed by atoms with Gasteiger partial charge in [0.15, 0.2) is 0 Å². The molecule has 0 amide bonds. The number of rotatable bonds is 8. The van der Waals surface area contributed by atoms with E-state index in [-0.39, 0.29) is 34.9 Å². The van der Waals surface area contributed by atoms with E-state index in [9.17, 15) is 18.3 Å². The standard InChI is InChI=1S/C18H17BrClF.C18H18F2O/c19-11-1-9-18(14-3-6-16(21)7-4-14)10-8-13-2-5-15(20)12-17(13)18;19-15-4-2-14(3-5-15)18(9-1-11-21)10-8-13-12-16(20)6-7-17(13)18/h2-7,12H,1,8-11H2;2-7,12,21H,1,8-11H2. The minimum absolute atomic E-state index is 0.0261. The Morgan fingerprint density at radius 3 is 1.79 bits per heavy atom. The van der Waals surface area contributed by atoms with Gasteiger partial charge in [-0.05, 0) is 133 Å². The van der Waals surface area contributed by atoms with Gasteiger partial charge in [0.25, 0.3) is 0 Å². The molecule has 1 nitrogen and oxygen atoms in total. The summed E-state index contributed by atoms with van der Waals surface area (Å²) in [4.78, 5) is 0. The first-order chi connectivity index (χ1) is 20.3. The molecule has 0 saturated carbocycles. The Morgan fingerprint density at radius 2 is 1.19 bits per heavy atom. The van der Waals surface area contributed by atoms with Crippen molar-refractivity contribution in [1.29, 1.82) is 0 Å². The third-order valence-electron chi connectivity index (χ3n) is 9.11. The summed E-state index contributed by atoms with van der Waals surface area (Å²) in [6.45, 7) is 0.124. The lowest BCUT2D eigenvalue weighted by atomic mass is 9.72. The highest BCUT2D eigenvalue weighted by Crippen LogP contribution is 2.49. The first-order valence-corrected chi connectivity index (χ1v) is 16.1. The van der Waals surface area contributed by atoms with Crippen LogP contribution in [0.15, 0.2) is 84.9 Å². The predicted octanol–water partition coefficient (Wildman–Crippen LogP) is 9.86. The van der Waals surface area contributed by atoms with Crippen LogP contribution in [0.3, 0.4) is 0 Å². The number of halogens is 5. The summed E-state index contributed by atoms with van der Waals surface area (Å²) < 4.78 is 39.9. The van der Waals surface area contributed by atoms with Gasteiger partial charge in [-0.3, -0.25) is 0 Å². The summed E-state index contributed by atoms with van der Waals surface area (Å²) >= 11 is 9.76. The molecule has 4 aromatic rings. The van der Waals surface area contributed by atoms with Crippen LogP contribution in [0.1, 0.15) is 71.9 Å². The number of aryl methyl sites for hydroxylation is 2. The van der Waals surface area contributed by atoms with Crippen LogP contribution in [0, 0.1) is 17.5 Å². The molecule has 0 fully saturated rings. The number of aliphatic hydroxyl groups is 1. The minimum atomic E-state index is -0.256. The predicted molar refractivity (Wildman–Crippen MR) is 168 cm³/mol. The number of fused-ring (bicyclic) bond motifs is 2. The van der Waals surface area contributed by atoms with Gasteiger partial charge in [-0.1, -0.05) is 63.9 Å². The van der Waals surface area contributed by atoms with Gasteiger partial charge in [-0.2, -0.15) is 0 Å². The van der Waals surface area contributed by atoms with Crippen molar-refractivity contribution in [3.8, 4) is 0 Å². The van der Waals surface area contributed by atoms with Crippen molar-refractivity contribution >= 4 is 27.5 Å². The summed E-state index contributed by atoms with van der Waals surface area (Å²) in [6, 6.07) is 24.7. The van der Waals surface area contributed by atoms with Crippen molar-refractivity contribution in [3.05, 3.63) is 141 Å². The monoisotopic (exact) mass is 654 g/mol. The zero-order chi connectivity index (χ0) is 29.7. The topological polar surface area (TPSA) is 20.2 Å². The molecule has 0 saturated heterocycles. The Balaban J connectivity index is 0.000000168. The maximum atomic E-state index is 13.4. The van der Waals surface area contributed by atoms with E-state index in [4.69, 9.17) is 11.6 Å². The highest BCUT2D eigenvalue weighted by atomic mass is 79.9. The van der Waals surface area contributed by atoms with Gasteiger partial charge in [0.2, 0.25) is 0 Å². The fourth-order valence-corrected chi connectivity index (χ4v) is 7.56. The molecule has 42 heavy (non-hydrogen) atoms. The highest BCUT2D eigenvalue weighted by molar-refractivity contribution is 9.09. The Kier molecular flexibility index (Phi) is 9.81. The molecule has 220 valence electrons. The average molecular weight is 656 g/mol. The smallest absolute Gasteiger partial charge is 0.123 e. The highest BCUT2D eigenvalue weighted by Gasteiger charge is 2.41. The fraction of sp³-hybridized carbons (Fsp3) is 0.333. The van der Waals surface area contributed by atoms with Crippen LogP contribution in [0.25, 0.3) is 0 Å². The summed E-state index contributed by atoms with van der Waals surface area (Å²) in [5.74, 6) is -0.655. The van der Waals surface area contributed by atoms with Gasteiger partial charge in [-0.15, -0.1) is 0 Å². The van der Waals surface area contributed by atoms with Gasteiger partial charge in [0.05, 0.1) is 0 Å². The van der Waals surface area contributed by atoms with E-state index >= 15 is 0 Å². The lowest BCUT2D eigenvalue weighted by Crippen LogP contribution is -2.25. The van der Waals surface area contributed by atoms with Gasteiger partial charge in [-0.25, -0.2) is 13.2 Å². The van der Waals surface area contributed by atoms with E-state index in [0.29, 0.717) is 6.42 Å². The van der Waals surface area contributed by atoms with Gasteiger partial charge in [0.1, 0.15) is 17.5 Å². The Hall–Kier alpha value is -2.60. The van der Waals surface area contributed by atoms with E-state index in [1.165, 1.54) is 34.9 Å². The molecule has 0 bridgehead atoms. The lowest BCUT2D eigenvalue weighted by molar-refractivity contribution is 0.268. The quantitative estimate of drug-likeness (QED) is 0.187. The van der Waals surface area contributed by atoms with Crippen molar-refractivity contribution < 1.29 is 18.3 Å². The number of hydrogen-bond acceptors (Lipinski definition) is 1. The molecule has 0 radical (unpaired) electrons. The Bertz CT molecular complexity index is 1510. The molecule has 0 aliphatic heterocycles. The molecule has 0 heterocycles. The first kappa shape index (κ1) is 30.8. The second-order valence-corrected chi connectivity index (χ2v) is 12.6. The largest absolute Gasteiger partial charge is 0.396 e. The average Bonchev–Trinajstić information content (AvgIpc) is 3.55. The van der Waals surface area contributed by atoms with Gasteiger partial charge >= 0.3 is 0 Å². The minimum Gasteiger partial charge on any atom is -0.396 e. The van der Waals surface area contributed by atoms with Crippen molar-refractivity contribution in [1.82, 2.24) is 0 Å². The second-order valence-electron chi connectivity index (χ2n) is 11.4. The molecule has 2 aliphatic carbocycles. The van der Waals surface area contributed by atoms with Crippen LogP contribution in [0.4, 0.5) is 13.2 Å². The summed E-state index contributed by atoms with van der Waals surface area (Å²) in [5.41, 5.74) is 6.82. The van der Waals surface area contributed by atoms with Crippen LogP contribution in [-0.2, 0) is 23.7 Å². The molecule has 4 aromatic carbocycles. The van der Waals surface area contributed by atoms with Crippen LogP contribution in [-0.4, -0.2) is 17.0 Å². The summed E-state index contributed by atoms with van der Waals surface area (Å²) in [5, 5.41) is 11.0. The molecular weight excluding hydrogens is 621 g/mol. The van der Waals surface area contributed by atoms with Crippen LogP contribution in [0.5, 0.6) is 0 Å². The molecule has 6 heteroatoms. The zero-order valence-electron chi connectivity index (χ0n) is 23.5. The molecule has 6 rings (SSSR count). The normalized spacial score (nSPS) is 20.5. The Labute approximate surface area is 259 Å². The molecule has 2 aliphatic rings. The van der Waals surface area contributed by atoms with Crippen molar-refractivity contribution in [2.75, 3.05) is 11.9 Å². The number of alkyl halides is 1. The first-order valence-electron chi connectivity index (χ1n) is 14.6. The third kappa shape index (κ3) is 6.20. The molecule has 2 unspecified atom stereocenters. The molecule has 1 N–H and O–H groups in total.